The van der Waals surface area contributed by atoms with Crippen LogP contribution in [0.2, 0.25) is 0 Å². The minimum Gasteiger partial charge on any atom is -0.463 e. The van der Waals surface area contributed by atoms with Crippen molar-refractivity contribution >= 4 is 11.8 Å². The fourth-order valence-electron chi connectivity index (χ4n) is 2.33. The molecule has 0 spiro atoms. The molecule has 0 aliphatic heterocycles. The molecule has 0 saturated heterocycles. The quantitative estimate of drug-likeness (QED) is 0.490. The smallest absolute Gasteiger partial charge is 0.302 e. The van der Waals surface area contributed by atoms with Gasteiger partial charge in [-0.25, -0.2) is 0 Å². The Bertz CT molecular complexity index is 318. The lowest BCUT2D eigenvalue weighted by molar-refractivity contribution is -0.147. The van der Waals surface area contributed by atoms with Gasteiger partial charge in [-0.1, -0.05) is 25.8 Å². The van der Waals surface area contributed by atoms with Crippen LogP contribution in [0.1, 0.15) is 65.2 Å². The first-order chi connectivity index (χ1) is 8.63. The van der Waals surface area contributed by atoms with Gasteiger partial charge in [0.15, 0.2) is 5.78 Å². The average molecular weight is 252 g/mol. The Morgan fingerprint density at radius 1 is 1.39 bits per heavy atom. The van der Waals surface area contributed by atoms with E-state index in [2.05, 4.69) is 6.92 Å². The van der Waals surface area contributed by atoms with Gasteiger partial charge in [-0.15, -0.1) is 0 Å². The molecule has 0 aromatic heterocycles. The van der Waals surface area contributed by atoms with Gasteiger partial charge in [-0.3, -0.25) is 9.59 Å². The first-order valence-electron chi connectivity index (χ1n) is 7.03. The number of esters is 1. The molecule has 0 aromatic rings. The highest BCUT2D eigenvalue weighted by atomic mass is 16.5. The zero-order valence-corrected chi connectivity index (χ0v) is 11.5. The summed E-state index contributed by atoms with van der Waals surface area (Å²) in [5.74, 6) is 0.0494. The van der Waals surface area contributed by atoms with Gasteiger partial charge in [0.2, 0.25) is 0 Å². The van der Waals surface area contributed by atoms with Crippen molar-refractivity contribution in [3.63, 3.8) is 0 Å². The van der Waals surface area contributed by atoms with Crippen molar-refractivity contribution in [1.82, 2.24) is 0 Å². The summed E-state index contributed by atoms with van der Waals surface area (Å²) in [6, 6.07) is 0. The summed E-state index contributed by atoms with van der Waals surface area (Å²) in [6.45, 7) is 3.61. The lowest BCUT2D eigenvalue weighted by Crippen LogP contribution is -2.17. The van der Waals surface area contributed by atoms with E-state index in [9.17, 15) is 9.59 Å². The molecule has 3 nitrogen and oxygen atoms in total. The minimum atomic E-state index is -0.219. The van der Waals surface area contributed by atoms with Gasteiger partial charge < -0.3 is 4.74 Å². The number of ether oxygens (including phenoxy) is 1. The molecular formula is C15H24O3. The number of rotatable bonds is 8. The third-order valence-electron chi connectivity index (χ3n) is 3.32. The first-order valence-corrected chi connectivity index (χ1v) is 7.03. The molecule has 1 unspecified atom stereocenters. The van der Waals surface area contributed by atoms with E-state index in [-0.39, 0.29) is 17.9 Å². The Balaban J connectivity index is 2.35. The second kappa shape index (κ2) is 8.06. The van der Waals surface area contributed by atoms with E-state index in [4.69, 9.17) is 4.74 Å². The third-order valence-corrected chi connectivity index (χ3v) is 3.32. The fourth-order valence-corrected chi connectivity index (χ4v) is 2.33. The van der Waals surface area contributed by atoms with Crippen molar-refractivity contribution in [3.8, 4) is 0 Å². The van der Waals surface area contributed by atoms with Crippen LogP contribution in [-0.2, 0) is 14.3 Å². The number of hydrogen-bond donors (Lipinski definition) is 0. The van der Waals surface area contributed by atoms with Crippen LogP contribution in [0.5, 0.6) is 0 Å². The molecule has 0 heterocycles. The summed E-state index contributed by atoms with van der Waals surface area (Å²) < 4.78 is 5.31. The van der Waals surface area contributed by atoms with Crippen LogP contribution in [-0.4, -0.2) is 17.9 Å². The SMILES string of the molecule is CCCCCC(CCC1=CCCC1=O)OC(C)=O. The van der Waals surface area contributed by atoms with Crippen LogP contribution in [0.15, 0.2) is 11.6 Å². The Hall–Kier alpha value is -1.12. The van der Waals surface area contributed by atoms with Crippen LogP contribution in [0.25, 0.3) is 0 Å². The maximum atomic E-state index is 11.5. The Morgan fingerprint density at radius 2 is 2.17 bits per heavy atom. The van der Waals surface area contributed by atoms with E-state index in [1.54, 1.807) is 0 Å². The van der Waals surface area contributed by atoms with Gasteiger partial charge in [-0.05, 0) is 37.7 Å². The number of allylic oxidation sites excluding steroid dienone is 2. The molecule has 3 heteroatoms. The number of unbranched alkanes of at least 4 members (excludes halogenated alkanes) is 2. The van der Waals surface area contributed by atoms with E-state index in [1.165, 1.54) is 13.3 Å². The molecule has 0 saturated carbocycles. The van der Waals surface area contributed by atoms with Gasteiger partial charge in [0, 0.05) is 13.3 Å². The van der Waals surface area contributed by atoms with E-state index in [1.807, 2.05) is 6.08 Å². The van der Waals surface area contributed by atoms with Crippen LogP contribution < -0.4 is 0 Å². The molecule has 0 fully saturated rings. The van der Waals surface area contributed by atoms with Crippen LogP contribution in [0.4, 0.5) is 0 Å². The Labute approximate surface area is 110 Å². The normalized spacial score (nSPS) is 16.6. The largest absolute Gasteiger partial charge is 0.463 e. The predicted molar refractivity (Wildman–Crippen MR) is 71.3 cm³/mol. The zero-order valence-electron chi connectivity index (χ0n) is 11.5. The van der Waals surface area contributed by atoms with Crippen molar-refractivity contribution in [1.29, 1.82) is 0 Å². The van der Waals surface area contributed by atoms with Gasteiger partial charge in [0.25, 0.3) is 0 Å². The molecule has 1 aliphatic carbocycles. The predicted octanol–water partition coefficient (Wildman–Crippen LogP) is 3.57. The van der Waals surface area contributed by atoms with Crippen molar-refractivity contribution in [2.45, 2.75) is 71.3 Å². The van der Waals surface area contributed by atoms with Crippen molar-refractivity contribution in [2.24, 2.45) is 0 Å². The number of Topliss-reactive ketones (excluding diaryl/α,β-unsaturated/α-hetero) is 1. The van der Waals surface area contributed by atoms with Crippen molar-refractivity contribution in [2.75, 3.05) is 0 Å². The lowest BCUT2D eigenvalue weighted by Gasteiger charge is -2.17. The molecule has 18 heavy (non-hydrogen) atoms. The molecule has 0 aromatic carbocycles. The van der Waals surface area contributed by atoms with Gasteiger partial charge in [0.1, 0.15) is 6.10 Å². The molecule has 1 atom stereocenters. The monoisotopic (exact) mass is 252 g/mol. The number of carbonyl (C=O) groups excluding carboxylic acids is 2. The Kier molecular flexibility index (Phi) is 6.69. The molecule has 1 rings (SSSR count). The highest BCUT2D eigenvalue weighted by molar-refractivity contribution is 5.97. The maximum absolute atomic E-state index is 11.5. The van der Waals surface area contributed by atoms with E-state index in [0.29, 0.717) is 6.42 Å². The van der Waals surface area contributed by atoms with Gasteiger partial charge in [-0.2, -0.15) is 0 Å². The molecule has 1 aliphatic rings. The summed E-state index contributed by atoms with van der Waals surface area (Å²) in [7, 11) is 0. The molecule has 0 N–H and O–H groups in total. The number of ketones is 1. The third kappa shape index (κ3) is 5.48. The van der Waals surface area contributed by atoms with E-state index >= 15 is 0 Å². The molecular weight excluding hydrogens is 228 g/mol. The van der Waals surface area contributed by atoms with Crippen LogP contribution in [0.3, 0.4) is 0 Å². The molecule has 102 valence electrons. The lowest BCUT2D eigenvalue weighted by atomic mass is 10.0. The maximum Gasteiger partial charge on any atom is 0.302 e. The summed E-state index contributed by atoms with van der Waals surface area (Å²) in [6.07, 6.45) is 9.39. The summed E-state index contributed by atoms with van der Waals surface area (Å²) in [5.41, 5.74) is 0.933. The standard InChI is InChI=1S/C15H24O3/c1-3-4-5-8-14(18-12(2)16)11-10-13-7-6-9-15(13)17/h7,14H,3-6,8-11H2,1-2H3. The van der Waals surface area contributed by atoms with Crippen molar-refractivity contribution in [3.05, 3.63) is 11.6 Å². The average Bonchev–Trinajstić information content (AvgIpc) is 2.71. The zero-order chi connectivity index (χ0) is 13.4. The minimum absolute atomic E-state index is 0.0247. The summed E-state index contributed by atoms with van der Waals surface area (Å²) in [5, 5.41) is 0. The second-order valence-electron chi connectivity index (χ2n) is 4.96. The van der Waals surface area contributed by atoms with Crippen LogP contribution >= 0.6 is 0 Å². The number of hydrogen-bond acceptors (Lipinski definition) is 3. The summed E-state index contributed by atoms with van der Waals surface area (Å²) >= 11 is 0. The second-order valence-corrected chi connectivity index (χ2v) is 4.96. The molecule has 0 radical (unpaired) electrons. The van der Waals surface area contributed by atoms with E-state index in [0.717, 1.165) is 44.1 Å². The van der Waals surface area contributed by atoms with Gasteiger partial charge in [0.05, 0.1) is 0 Å². The van der Waals surface area contributed by atoms with E-state index < -0.39 is 0 Å². The van der Waals surface area contributed by atoms with Crippen LogP contribution in [0, 0.1) is 0 Å². The highest BCUT2D eigenvalue weighted by Gasteiger charge is 2.18. The fraction of sp³-hybridized carbons (Fsp3) is 0.733. The summed E-state index contributed by atoms with van der Waals surface area (Å²) in [4.78, 5) is 22.5. The van der Waals surface area contributed by atoms with Gasteiger partial charge >= 0.3 is 5.97 Å². The molecule has 0 amide bonds. The Morgan fingerprint density at radius 3 is 2.72 bits per heavy atom. The first kappa shape index (κ1) is 14.9. The number of carbonyl (C=O) groups is 2. The molecule has 0 bridgehead atoms. The highest BCUT2D eigenvalue weighted by Crippen LogP contribution is 2.22. The topological polar surface area (TPSA) is 43.4 Å². The van der Waals surface area contributed by atoms with Crippen molar-refractivity contribution < 1.29 is 14.3 Å².